The molecule has 1 saturated heterocycles. The van der Waals surface area contributed by atoms with Gasteiger partial charge >= 0.3 is 5.97 Å². The van der Waals surface area contributed by atoms with E-state index in [1.807, 2.05) is 6.92 Å². The van der Waals surface area contributed by atoms with E-state index < -0.39 is 0 Å². The van der Waals surface area contributed by atoms with Crippen LogP contribution in [0.3, 0.4) is 0 Å². The molecule has 1 aliphatic heterocycles. The van der Waals surface area contributed by atoms with Crippen molar-refractivity contribution in [1.82, 2.24) is 0 Å². The summed E-state index contributed by atoms with van der Waals surface area (Å²) in [7, 11) is 0. The molecule has 0 bridgehead atoms. The molecule has 0 aromatic heterocycles. The first-order valence-corrected chi connectivity index (χ1v) is 5.75. The smallest absolute Gasteiger partial charge is 0.305 e. The zero-order valence-electron chi connectivity index (χ0n) is 9.59. The highest BCUT2D eigenvalue weighted by Gasteiger charge is 2.31. The standard InChI is InChI=1S/C12H21O3/c1-3-4-5-7-11(13)14-10-12(2)8-6-9-15-12/h1,3-10H2,2H3. The predicted molar refractivity (Wildman–Crippen MR) is 58.4 cm³/mol. The van der Waals surface area contributed by atoms with Crippen molar-refractivity contribution in [1.29, 1.82) is 0 Å². The van der Waals surface area contributed by atoms with Crippen LogP contribution in [0, 0.1) is 6.92 Å². The molecule has 0 saturated carbocycles. The first kappa shape index (κ1) is 12.5. The minimum absolute atomic E-state index is 0.111. The van der Waals surface area contributed by atoms with Crippen molar-refractivity contribution in [3.8, 4) is 0 Å². The Balaban J connectivity index is 2.10. The summed E-state index contributed by atoms with van der Waals surface area (Å²) in [5, 5.41) is 0. The van der Waals surface area contributed by atoms with Gasteiger partial charge in [0.05, 0.1) is 5.60 Å². The molecule has 15 heavy (non-hydrogen) atoms. The lowest BCUT2D eigenvalue weighted by atomic mass is 10.0. The lowest BCUT2D eigenvalue weighted by Crippen LogP contribution is -2.31. The molecular formula is C12H21O3. The molecule has 0 amide bonds. The van der Waals surface area contributed by atoms with Gasteiger partial charge in [-0.3, -0.25) is 4.79 Å². The number of carbonyl (C=O) groups is 1. The lowest BCUT2D eigenvalue weighted by Gasteiger charge is -2.22. The number of hydrogen-bond acceptors (Lipinski definition) is 3. The van der Waals surface area contributed by atoms with Crippen LogP contribution in [0.25, 0.3) is 0 Å². The summed E-state index contributed by atoms with van der Waals surface area (Å²) in [6.07, 6.45) is 5.30. The maximum Gasteiger partial charge on any atom is 0.305 e. The molecule has 1 radical (unpaired) electrons. The van der Waals surface area contributed by atoms with Crippen molar-refractivity contribution < 1.29 is 14.3 Å². The van der Waals surface area contributed by atoms with E-state index in [-0.39, 0.29) is 11.6 Å². The topological polar surface area (TPSA) is 35.5 Å². The van der Waals surface area contributed by atoms with Crippen LogP contribution >= 0.6 is 0 Å². The third kappa shape index (κ3) is 4.65. The van der Waals surface area contributed by atoms with E-state index in [0.717, 1.165) is 38.7 Å². The molecule has 1 rings (SSSR count). The van der Waals surface area contributed by atoms with Gasteiger partial charge in [-0.15, -0.1) is 0 Å². The van der Waals surface area contributed by atoms with Crippen molar-refractivity contribution in [3.63, 3.8) is 0 Å². The highest BCUT2D eigenvalue weighted by Crippen LogP contribution is 2.25. The van der Waals surface area contributed by atoms with Gasteiger partial charge in [-0.25, -0.2) is 0 Å². The number of esters is 1. The zero-order chi connectivity index (χ0) is 11.1. The molecule has 1 aliphatic rings. The van der Waals surface area contributed by atoms with Crippen LogP contribution in [0.15, 0.2) is 0 Å². The number of unbranched alkanes of at least 4 members (excludes halogenated alkanes) is 2. The first-order valence-electron chi connectivity index (χ1n) is 5.75. The van der Waals surface area contributed by atoms with E-state index in [9.17, 15) is 4.79 Å². The molecular weight excluding hydrogens is 192 g/mol. The van der Waals surface area contributed by atoms with Gasteiger partial charge in [-0.05, 0) is 26.2 Å². The van der Waals surface area contributed by atoms with Crippen molar-refractivity contribution >= 4 is 5.97 Å². The SMILES string of the molecule is [CH2]CCCCC(=O)OCC1(C)CCCO1. The molecule has 0 aromatic carbocycles. The maximum atomic E-state index is 11.3. The average Bonchev–Trinajstić information content (AvgIpc) is 2.64. The molecule has 87 valence electrons. The van der Waals surface area contributed by atoms with E-state index in [4.69, 9.17) is 9.47 Å². The second-order valence-electron chi connectivity index (χ2n) is 4.37. The Hall–Kier alpha value is -0.570. The van der Waals surface area contributed by atoms with Crippen molar-refractivity contribution in [2.24, 2.45) is 0 Å². The van der Waals surface area contributed by atoms with Crippen LogP contribution in [-0.4, -0.2) is 24.8 Å². The van der Waals surface area contributed by atoms with Crippen LogP contribution < -0.4 is 0 Å². The Bertz CT molecular complexity index is 195. The Morgan fingerprint density at radius 2 is 2.33 bits per heavy atom. The molecule has 1 heterocycles. The van der Waals surface area contributed by atoms with E-state index in [1.54, 1.807) is 0 Å². The third-order valence-electron chi connectivity index (χ3n) is 2.72. The molecule has 3 nitrogen and oxygen atoms in total. The Morgan fingerprint density at radius 3 is 2.93 bits per heavy atom. The van der Waals surface area contributed by atoms with E-state index in [0.29, 0.717) is 13.0 Å². The van der Waals surface area contributed by atoms with Gasteiger partial charge in [0.1, 0.15) is 6.61 Å². The van der Waals surface area contributed by atoms with Crippen molar-refractivity contribution in [3.05, 3.63) is 6.92 Å². The van der Waals surface area contributed by atoms with Gasteiger partial charge in [0.25, 0.3) is 0 Å². The third-order valence-corrected chi connectivity index (χ3v) is 2.72. The molecule has 1 unspecified atom stereocenters. The van der Waals surface area contributed by atoms with Gasteiger partial charge < -0.3 is 9.47 Å². The van der Waals surface area contributed by atoms with Crippen LogP contribution in [-0.2, 0) is 14.3 Å². The summed E-state index contributed by atoms with van der Waals surface area (Å²) in [5.74, 6) is -0.111. The summed E-state index contributed by atoms with van der Waals surface area (Å²) in [6.45, 7) is 6.92. The van der Waals surface area contributed by atoms with Crippen LogP contribution in [0.5, 0.6) is 0 Å². The second-order valence-corrected chi connectivity index (χ2v) is 4.37. The number of carbonyl (C=O) groups excluding carboxylic acids is 1. The van der Waals surface area contributed by atoms with Crippen LogP contribution in [0.1, 0.15) is 45.4 Å². The predicted octanol–water partition coefficient (Wildman–Crippen LogP) is 2.49. The Labute approximate surface area is 92.1 Å². The van der Waals surface area contributed by atoms with Crippen LogP contribution in [0.4, 0.5) is 0 Å². The largest absolute Gasteiger partial charge is 0.463 e. The van der Waals surface area contributed by atoms with Crippen molar-refractivity contribution in [2.75, 3.05) is 13.2 Å². The van der Waals surface area contributed by atoms with Gasteiger partial charge in [0.15, 0.2) is 0 Å². The summed E-state index contributed by atoms with van der Waals surface area (Å²) in [4.78, 5) is 11.3. The molecule has 3 heteroatoms. The van der Waals surface area contributed by atoms with E-state index in [1.165, 1.54) is 0 Å². The maximum absolute atomic E-state index is 11.3. The highest BCUT2D eigenvalue weighted by atomic mass is 16.6. The second kappa shape index (κ2) is 6.11. The number of ether oxygens (including phenoxy) is 2. The molecule has 1 fully saturated rings. The molecule has 0 N–H and O–H groups in total. The highest BCUT2D eigenvalue weighted by molar-refractivity contribution is 5.69. The quantitative estimate of drug-likeness (QED) is 0.502. The molecule has 1 atom stereocenters. The fourth-order valence-electron chi connectivity index (χ4n) is 1.70. The minimum Gasteiger partial charge on any atom is -0.463 e. The number of hydrogen-bond donors (Lipinski definition) is 0. The van der Waals surface area contributed by atoms with Crippen LogP contribution in [0.2, 0.25) is 0 Å². The summed E-state index contributed by atoms with van der Waals surface area (Å²) in [5.41, 5.74) is -0.234. The average molecular weight is 213 g/mol. The van der Waals surface area contributed by atoms with Gasteiger partial charge in [-0.1, -0.05) is 19.8 Å². The van der Waals surface area contributed by atoms with E-state index >= 15 is 0 Å². The first-order chi connectivity index (χ1) is 7.16. The zero-order valence-corrected chi connectivity index (χ0v) is 9.59. The van der Waals surface area contributed by atoms with Gasteiger partial charge in [0, 0.05) is 13.0 Å². The van der Waals surface area contributed by atoms with Gasteiger partial charge in [-0.2, -0.15) is 0 Å². The molecule has 0 aliphatic carbocycles. The minimum atomic E-state index is -0.234. The lowest BCUT2D eigenvalue weighted by molar-refractivity contribution is -0.151. The Kier molecular flexibility index (Phi) is 5.09. The summed E-state index contributed by atoms with van der Waals surface area (Å²) in [6, 6.07) is 0. The monoisotopic (exact) mass is 213 g/mol. The fourth-order valence-corrected chi connectivity index (χ4v) is 1.70. The summed E-state index contributed by atoms with van der Waals surface area (Å²) < 4.78 is 10.7. The Morgan fingerprint density at radius 1 is 1.53 bits per heavy atom. The van der Waals surface area contributed by atoms with Gasteiger partial charge in [0.2, 0.25) is 0 Å². The van der Waals surface area contributed by atoms with Crippen molar-refractivity contribution in [2.45, 2.75) is 51.0 Å². The number of rotatable bonds is 6. The normalized spacial score (nSPS) is 25.5. The molecule has 0 spiro atoms. The fraction of sp³-hybridized carbons (Fsp3) is 0.833. The van der Waals surface area contributed by atoms with E-state index in [2.05, 4.69) is 6.92 Å². The molecule has 0 aromatic rings. The summed E-state index contributed by atoms with van der Waals surface area (Å²) >= 11 is 0.